The largest absolute Gasteiger partial charge is 0.416 e. The molecule has 3 aromatic rings. The molecule has 1 aliphatic heterocycles. The summed E-state index contributed by atoms with van der Waals surface area (Å²) in [7, 11) is 0. The lowest BCUT2D eigenvalue weighted by Gasteiger charge is -2.08. The number of halogens is 3. The van der Waals surface area contributed by atoms with Crippen molar-refractivity contribution in [3.8, 4) is 0 Å². The number of carbonyl (C=O) groups is 1. The monoisotopic (exact) mass is 399 g/mol. The minimum atomic E-state index is -4.43. The van der Waals surface area contributed by atoms with Gasteiger partial charge in [-0.15, -0.1) is 0 Å². The van der Waals surface area contributed by atoms with Gasteiger partial charge in [-0.05, 0) is 43.2 Å². The normalized spacial score (nSPS) is 13.2. The van der Waals surface area contributed by atoms with E-state index < -0.39 is 11.7 Å². The van der Waals surface area contributed by atoms with Crippen molar-refractivity contribution in [2.24, 2.45) is 4.99 Å². The number of alkyl halides is 3. The van der Waals surface area contributed by atoms with Gasteiger partial charge in [-0.1, -0.05) is 29.4 Å². The summed E-state index contributed by atoms with van der Waals surface area (Å²) in [5.41, 5.74) is 2.77. The molecule has 1 aliphatic rings. The van der Waals surface area contributed by atoms with Crippen molar-refractivity contribution in [2.45, 2.75) is 26.4 Å². The van der Waals surface area contributed by atoms with Crippen LogP contribution in [0.15, 0.2) is 52.0 Å². The summed E-state index contributed by atoms with van der Waals surface area (Å²) in [6.07, 6.45) is -4.08. The van der Waals surface area contributed by atoms with Gasteiger partial charge in [-0.2, -0.15) is 13.2 Å². The molecule has 0 saturated carbocycles. The molecule has 0 atom stereocenters. The maximum Gasteiger partial charge on any atom is 0.416 e. The van der Waals surface area contributed by atoms with Crippen molar-refractivity contribution in [1.82, 2.24) is 5.16 Å². The number of para-hydroxylation sites is 1. The number of rotatable bonds is 3. The Balaban J connectivity index is 1.68. The molecule has 0 radical (unpaired) electrons. The standard InChI is InChI=1S/C21H16F3N3O2/c1-11-18(12(2)29-27-11)26-20(28)16-8-4-6-14-10-17(25-19(14)16)13-5-3-7-15(9-13)21(22,23)24/h3-9H,10H2,1-2H3,(H,26,28). The molecule has 2 heterocycles. The van der Waals surface area contributed by atoms with Crippen LogP contribution in [0.5, 0.6) is 0 Å². The Morgan fingerprint density at radius 3 is 2.59 bits per heavy atom. The van der Waals surface area contributed by atoms with Crippen LogP contribution in [-0.2, 0) is 12.6 Å². The first-order valence-electron chi connectivity index (χ1n) is 8.85. The maximum atomic E-state index is 13.0. The summed E-state index contributed by atoms with van der Waals surface area (Å²) in [5.74, 6) is 0.0990. The fourth-order valence-electron chi connectivity index (χ4n) is 3.29. The van der Waals surface area contributed by atoms with Crippen LogP contribution < -0.4 is 5.32 Å². The fourth-order valence-corrected chi connectivity index (χ4v) is 3.29. The van der Waals surface area contributed by atoms with Gasteiger partial charge in [0.25, 0.3) is 5.91 Å². The molecule has 0 aliphatic carbocycles. The highest BCUT2D eigenvalue weighted by Gasteiger charge is 2.31. The number of aliphatic imine (C=N–C) groups is 1. The van der Waals surface area contributed by atoms with E-state index in [1.807, 2.05) is 6.07 Å². The molecule has 29 heavy (non-hydrogen) atoms. The summed E-state index contributed by atoms with van der Waals surface area (Å²) in [4.78, 5) is 17.3. The number of nitrogens with zero attached hydrogens (tertiary/aromatic N) is 2. The van der Waals surface area contributed by atoms with Crippen molar-refractivity contribution in [3.63, 3.8) is 0 Å². The van der Waals surface area contributed by atoms with Crippen molar-refractivity contribution in [3.05, 3.63) is 76.2 Å². The highest BCUT2D eigenvalue weighted by atomic mass is 19.4. The van der Waals surface area contributed by atoms with Gasteiger partial charge >= 0.3 is 6.18 Å². The Morgan fingerprint density at radius 1 is 1.14 bits per heavy atom. The lowest BCUT2D eigenvalue weighted by atomic mass is 10.0. The third-order valence-corrected chi connectivity index (χ3v) is 4.76. The molecule has 1 N–H and O–H groups in total. The summed E-state index contributed by atoms with van der Waals surface area (Å²) >= 11 is 0. The number of hydrogen-bond acceptors (Lipinski definition) is 4. The first-order valence-corrected chi connectivity index (χ1v) is 8.85. The number of anilines is 1. The number of carbonyl (C=O) groups excluding carboxylic acids is 1. The van der Waals surface area contributed by atoms with E-state index in [2.05, 4.69) is 15.5 Å². The molecule has 0 fully saturated rings. The molecule has 0 saturated heterocycles. The summed E-state index contributed by atoms with van der Waals surface area (Å²) in [6, 6.07) is 10.2. The van der Waals surface area contributed by atoms with Gasteiger partial charge in [-0.3, -0.25) is 9.79 Å². The number of aryl methyl sites for hydroxylation is 2. The van der Waals surface area contributed by atoms with Crippen LogP contribution in [0.3, 0.4) is 0 Å². The highest BCUT2D eigenvalue weighted by molar-refractivity contribution is 6.13. The molecule has 2 aromatic carbocycles. The minimum Gasteiger partial charge on any atom is -0.359 e. The van der Waals surface area contributed by atoms with Crippen molar-refractivity contribution >= 4 is 23.0 Å². The lowest BCUT2D eigenvalue weighted by molar-refractivity contribution is -0.137. The van der Waals surface area contributed by atoms with E-state index >= 15 is 0 Å². The van der Waals surface area contributed by atoms with E-state index in [4.69, 9.17) is 4.52 Å². The Hall–Kier alpha value is -3.42. The van der Waals surface area contributed by atoms with E-state index in [1.165, 1.54) is 6.07 Å². The Bertz CT molecular complexity index is 1130. The smallest absolute Gasteiger partial charge is 0.359 e. The van der Waals surface area contributed by atoms with E-state index in [1.54, 1.807) is 32.0 Å². The predicted molar refractivity (Wildman–Crippen MR) is 102 cm³/mol. The third-order valence-electron chi connectivity index (χ3n) is 4.76. The van der Waals surface area contributed by atoms with Crippen LogP contribution in [0.4, 0.5) is 24.5 Å². The Morgan fingerprint density at radius 2 is 1.90 bits per heavy atom. The molecule has 0 spiro atoms. The third kappa shape index (κ3) is 3.53. The van der Waals surface area contributed by atoms with E-state index in [0.29, 0.717) is 46.1 Å². The first-order chi connectivity index (χ1) is 13.7. The van der Waals surface area contributed by atoms with Crippen LogP contribution in [0.2, 0.25) is 0 Å². The SMILES string of the molecule is Cc1noc(C)c1NC(=O)c1cccc2c1N=C(c1cccc(C(F)(F)F)c1)C2. The van der Waals surface area contributed by atoms with Crippen LogP contribution in [0.25, 0.3) is 0 Å². The molecule has 0 bridgehead atoms. The van der Waals surface area contributed by atoms with Crippen molar-refractivity contribution in [2.75, 3.05) is 5.32 Å². The topological polar surface area (TPSA) is 67.5 Å². The molecule has 8 heteroatoms. The van der Waals surface area contributed by atoms with Gasteiger partial charge in [0, 0.05) is 6.42 Å². The van der Waals surface area contributed by atoms with Gasteiger partial charge in [0.2, 0.25) is 0 Å². The van der Waals surface area contributed by atoms with Crippen LogP contribution >= 0.6 is 0 Å². The quantitative estimate of drug-likeness (QED) is 0.655. The average molecular weight is 399 g/mol. The summed E-state index contributed by atoms with van der Waals surface area (Å²) in [5, 5.41) is 6.58. The second kappa shape index (κ2) is 6.88. The molecule has 1 aromatic heterocycles. The number of aromatic nitrogens is 1. The zero-order chi connectivity index (χ0) is 20.8. The number of fused-ring (bicyclic) bond motifs is 1. The number of benzene rings is 2. The van der Waals surface area contributed by atoms with Crippen molar-refractivity contribution < 1.29 is 22.5 Å². The van der Waals surface area contributed by atoms with E-state index in [0.717, 1.165) is 17.7 Å². The lowest BCUT2D eigenvalue weighted by Crippen LogP contribution is -2.13. The predicted octanol–water partition coefficient (Wildman–Crippen LogP) is 5.24. The first kappa shape index (κ1) is 18.9. The van der Waals surface area contributed by atoms with Gasteiger partial charge in [0.15, 0.2) is 5.76 Å². The van der Waals surface area contributed by atoms with Crippen LogP contribution in [0.1, 0.15) is 38.5 Å². The Kier molecular flexibility index (Phi) is 4.49. The van der Waals surface area contributed by atoms with Gasteiger partial charge < -0.3 is 9.84 Å². The Labute approximate surface area is 164 Å². The van der Waals surface area contributed by atoms with Gasteiger partial charge in [0.05, 0.1) is 22.5 Å². The fraction of sp³-hybridized carbons (Fsp3) is 0.190. The zero-order valence-electron chi connectivity index (χ0n) is 15.6. The second-order valence-electron chi connectivity index (χ2n) is 6.78. The van der Waals surface area contributed by atoms with E-state index in [-0.39, 0.29) is 5.91 Å². The van der Waals surface area contributed by atoms with Crippen LogP contribution in [-0.4, -0.2) is 16.8 Å². The number of hydrogen-bond donors (Lipinski definition) is 1. The molecule has 148 valence electrons. The highest BCUT2D eigenvalue weighted by Crippen LogP contribution is 2.35. The summed E-state index contributed by atoms with van der Waals surface area (Å²) in [6.45, 7) is 3.40. The molecule has 5 nitrogen and oxygen atoms in total. The van der Waals surface area contributed by atoms with Crippen molar-refractivity contribution in [1.29, 1.82) is 0 Å². The van der Waals surface area contributed by atoms with Gasteiger partial charge in [-0.25, -0.2) is 0 Å². The molecule has 0 unspecified atom stereocenters. The average Bonchev–Trinajstić information content (AvgIpc) is 3.26. The second-order valence-corrected chi connectivity index (χ2v) is 6.78. The van der Waals surface area contributed by atoms with Gasteiger partial charge in [0.1, 0.15) is 11.4 Å². The minimum absolute atomic E-state index is 0.337. The molecular weight excluding hydrogens is 383 g/mol. The molecular formula is C21H16F3N3O2. The molecule has 4 rings (SSSR count). The van der Waals surface area contributed by atoms with E-state index in [9.17, 15) is 18.0 Å². The number of amides is 1. The molecule has 1 amide bonds. The van der Waals surface area contributed by atoms with Crippen LogP contribution in [0, 0.1) is 13.8 Å². The maximum absolute atomic E-state index is 13.0. The summed E-state index contributed by atoms with van der Waals surface area (Å²) < 4.78 is 44.1. The number of nitrogens with one attached hydrogen (secondary N) is 1. The zero-order valence-corrected chi connectivity index (χ0v) is 15.6.